The van der Waals surface area contributed by atoms with Crippen molar-refractivity contribution in [1.82, 2.24) is 4.98 Å². The highest BCUT2D eigenvalue weighted by Crippen LogP contribution is 2.34. The molecular formula is C20H16FN5OS. The van der Waals surface area contributed by atoms with E-state index in [0.29, 0.717) is 27.6 Å². The number of ether oxygens (including phenoxy) is 1. The van der Waals surface area contributed by atoms with Crippen molar-refractivity contribution in [3.8, 4) is 17.6 Å². The topological polar surface area (TPSA) is 96.3 Å². The molecule has 0 saturated carbocycles. The van der Waals surface area contributed by atoms with Crippen LogP contribution in [0.2, 0.25) is 0 Å². The van der Waals surface area contributed by atoms with Crippen LogP contribution in [0.3, 0.4) is 0 Å². The van der Waals surface area contributed by atoms with Crippen LogP contribution in [0.5, 0.6) is 11.5 Å². The average Bonchev–Trinajstić information content (AvgIpc) is 2.70. The van der Waals surface area contributed by atoms with E-state index in [2.05, 4.69) is 34.0 Å². The molecule has 0 unspecified atom stereocenters. The number of anilines is 1. The minimum atomic E-state index is -0.449. The summed E-state index contributed by atoms with van der Waals surface area (Å²) in [6.45, 7) is -0.0132. The maximum Gasteiger partial charge on any atom is 0.193 e. The normalized spacial score (nSPS) is 11.0. The summed E-state index contributed by atoms with van der Waals surface area (Å²) in [7, 11) is 0. The molecule has 0 aliphatic rings. The molecule has 3 rings (SSSR count). The molecule has 0 aliphatic carbocycles. The first-order valence-electron chi connectivity index (χ1n) is 8.23. The number of hydrogen-bond acceptors (Lipinski definition) is 5. The van der Waals surface area contributed by atoms with E-state index in [9.17, 15) is 4.39 Å². The van der Waals surface area contributed by atoms with Gasteiger partial charge < -0.3 is 15.8 Å². The number of benzene rings is 2. The van der Waals surface area contributed by atoms with Gasteiger partial charge in [-0.25, -0.2) is 9.38 Å². The number of rotatable bonds is 5. The lowest BCUT2D eigenvalue weighted by molar-refractivity contribution is 0.483. The number of guanidine groups is 1. The zero-order valence-corrected chi connectivity index (χ0v) is 15.5. The smallest absolute Gasteiger partial charge is 0.193 e. The highest BCUT2D eigenvalue weighted by Gasteiger charge is 2.11. The predicted molar refractivity (Wildman–Crippen MR) is 108 cm³/mol. The van der Waals surface area contributed by atoms with Crippen LogP contribution in [0.1, 0.15) is 11.3 Å². The number of hydrogen-bond donors (Lipinski definition) is 3. The summed E-state index contributed by atoms with van der Waals surface area (Å²) in [4.78, 5) is 8.63. The number of aromatic nitrogens is 1. The zero-order chi connectivity index (χ0) is 19.9. The van der Waals surface area contributed by atoms with Gasteiger partial charge in [0.05, 0.1) is 29.6 Å². The van der Waals surface area contributed by atoms with Gasteiger partial charge in [-0.3, -0.25) is 4.98 Å². The second-order valence-corrected chi connectivity index (χ2v) is 6.13. The summed E-state index contributed by atoms with van der Waals surface area (Å²) in [5.74, 6) is 0.550. The predicted octanol–water partition coefficient (Wildman–Crippen LogP) is 4.10. The van der Waals surface area contributed by atoms with E-state index >= 15 is 0 Å². The van der Waals surface area contributed by atoms with E-state index in [1.165, 1.54) is 18.3 Å². The largest absolute Gasteiger partial charge is 0.455 e. The van der Waals surface area contributed by atoms with Crippen LogP contribution in [0.25, 0.3) is 0 Å². The first-order chi connectivity index (χ1) is 13.6. The van der Waals surface area contributed by atoms with Crippen LogP contribution in [0, 0.1) is 17.1 Å². The number of nitrogens with zero attached hydrogens (tertiary/aromatic N) is 3. The molecule has 1 heterocycles. The number of nitrogens with one attached hydrogen (secondary N) is 1. The standard InChI is InChI=1S/C20H16FN5OS/c21-15-6-3-9-24-16(15)12-25-20(23)26-19-17(7-2-8-18(19)28)27-14-5-1-4-13(10-14)11-22/h1-10,28H,12H2,(H3,23,25,26). The average molecular weight is 393 g/mol. The molecular weight excluding hydrogens is 377 g/mol. The van der Waals surface area contributed by atoms with Gasteiger partial charge in [-0.1, -0.05) is 12.1 Å². The van der Waals surface area contributed by atoms with E-state index in [0.717, 1.165) is 0 Å². The third-order valence-corrected chi connectivity index (χ3v) is 4.05. The fraction of sp³-hybridized carbons (Fsp3) is 0.0500. The Morgan fingerprint density at radius 2 is 2.07 bits per heavy atom. The lowest BCUT2D eigenvalue weighted by Crippen LogP contribution is -2.23. The minimum absolute atomic E-state index is 0.0132. The van der Waals surface area contributed by atoms with E-state index < -0.39 is 5.82 Å². The van der Waals surface area contributed by atoms with Gasteiger partial charge in [-0.2, -0.15) is 5.26 Å². The molecule has 0 atom stereocenters. The number of halogens is 1. The number of pyridine rings is 1. The molecule has 0 saturated heterocycles. The molecule has 8 heteroatoms. The molecule has 0 amide bonds. The highest BCUT2D eigenvalue weighted by atomic mass is 32.1. The Balaban J connectivity index is 1.80. The monoisotopic (exact) mass is 393 g/mol. The van der Waals surface area contributed by atoms with Gasteiger partial charge in [-0.15, -0.1) is 12.6 Å². The Morgan fingerprint density at radius 3 is 2.86 bits per heavy atom. The maximum atomic E-state index is 13.7. The number of thiol groups is 1. The number of nitrogens with two attached hydrogens (primary N) is 1. The second kappa shape index (κ2) is 8.88. The Hall–Kier alpha value is -3.57. The van der Waals surface area contributed by atoms with E-state index in [4.69, 9.17) is 15.7 Å². The van der Waals surface area contributed by atoms with Gasteiger partial charge in [0.15, 0.2) is 11.7 Å². The molecule has 0 spiro atoms. The molecule has 0 aliphatic heterocycles. The van der Waals surface area contributed by atoms with Crippen molar-refractivity contribution in [3.05, 3.63) is 77.9 Å². The molecule has 0 fully saturated rings. The first kappa shape index (κ1) is 19.2. The van der Waals surface area contributed by atoms with Crippen LogP contribution >= 0.6 is 12.6 Å². The summed E-state index contributed by atoms with van der Waals surface area (Å²) in [5, 5.41) is 12.0. The fourth-order valence-corrected chi connectivity index (χ4v) is 2.60. The lowest BCUT2D eigenvalue weighted by atomic mass is 10.2. The van der Waals surface area contributed by atoms with Gasteiger partial charge in [0.25, 0.3) is 0 Å². The molecule has 6 nitrogen and oxygen atoms in total. The van der Waals surface area contributed by atoms with E-state index in [1.807, 2.05) is 0 Å². The van der Waals surface area contributed by atoms with Crippen molar-refractivity contribution in [2.24, 2.45) is 10.7 Å². The SMILES string of the molecule is N#Cc1cccc(Oc2cccc(S)c2NC(N)=NCc2ncccc2F)c1. The van der Waals surface area contributed by atoms with E-state index in [-0.39, 0.29) is 18.2 Å². The molecule has 3 aromatic rings. The summed E-state index contributed by atoms with van der Waals surface area (Å²) < 4.78 is 19.5. The second-order valence-electron chi connectivity index (χ2n) is 5.65. The fourth-order valence-electron chi connectivity index (χ4n) is 2.35. The van der Waals surface area contributed by atoms with Crippen molar-refractivity contribution in [1.29, 1.82) is 5.26 Å². The molecule has 0 bridgehead atoms. The van der Waals surface area contributed by atoms with Gasteiger partial charge in [0.2, 0.25) is 0 Å². The molecule has 1 aromatic heterocycles. The number of para-hydroxylation sites is 1. The molecule has 3 N–H and O–H groups in total. The number of aliphatic imine (C=N–C) groups is 1. The van der Waals surface area contributed by atoms with Crippen molar-refractivity contribution in [2.45, 2.75) is 11.4 Å². The van der Waals surface area contributed by atoms with Crippen molar-refractivity contribution in [3.63, 3.8) is 0 Å². The third-order valence-electron chi connectivity index (χ3n) is 3.68. The zero-order valence-electron chi connectivity index (χ0n) is 14.6. The minimum Gasteiger partial charge on any atom is -0.455 e. The quantitative estimate of drug-likeness (QED) is 0.345. The molecule has 140 valence electrons. The van der Waals surface area contributed by atoms with Crippen LogP contribution in [0.4, 0.5) is 10.1 Å². The van der Waals surface area contributed by atoms with Gasteiger partial charge >= 0.3 is 0 Å². The van der Waals surface area contributed by atoms with Crippen LogP contribution < -0.4 is 15.8 Å². The summed E-state index contributed by atoms with van der Waals surface area (Å²) in [6.07, 6.45) is 1.49. The van der Waals surface area contributed by atoms with Crippen molar-refractivity contribution in [2.75, 3.05) is 5.32 Å². The van der Waals surface area contributed by atoms with Crippen LogP contribution in [0.15, 0.2) is 70.7 Å². The Bertz CT molecular complexity index is 1060. The van der Waals surface area contributed by atoms with Gasteiger partial charge in [0.1, 0.15) is 11.6 Å². The summed E-state index contributed by atoms with van der Waals surface area (Å²) >= 11 is 4.42. The molecule has 2 aromatic carbocycles. The van der Waals surface area contributed by atoms with Crippen LogP contribution in [-0.2, 0) is 6.54 Å². The summed E-state index contributed by atoms with van der Waals surface area (Å²) in [6, 6.07) is 16.9. The maximum absolute atomic E-state index is 13.7. The van der Waals surface area contributed by atoms with Gasteiger partial charge in [-0.05, 0) is 42.5 Å². The van der Waals surface area contributed by atoms with Crippen molar-refractivity contribution >= 4 is 24.3 Å². The first-order valence-corrected chi connectivity index (χ1v) is 8.68. The number of nitriles is 1. The third kappa shape index (κ3) is 4.78. The van der Waals surface area contributed by atoms with E-state index in [1.54, 1.807) is 42.5 Å². The Morgan fingerprint density at radius 1 is 1.25 bits per heavy atom. The molecule has 0 radical (unpaired) electrons. The Kier molecular flexibility index (Phi) is 6.09. The van der Waals surface area contributed by atoms with Crippen molar-refractivity contribution < 1.29 is 9.13 Å². The summed E-state index contributed by atoms with van der Waals surface area (Å²) in [5.41, 5.74) is 7.10. The Labute approximate surface area is 166 Å². The molecule has 28 heavy (non-hydrogen) atoms. The van der Waals surface area contributed by atoms with Gasteiger partial charge in [0, 0.05) is 11.1 Å². The highest BCUT2D eigenvalue weighted by molar-refractivity contribution is 7.80. The lowest BCUT2D eigenvalue weighted by Gasteiger charge is -2.14. The van der Waals surface area contributed by atoms with Crippen LogP contribution in [-0.4, -0.2) is 10.9 Å².